The first-order valence-corrected chi connectivity index (χ1v) is 5.91. The lowest BCUT2D eigenvalue weighted by Crippen LogP contribution is -2.39. The lowest BCUT2D eigenvalue weighted by Gasteiger charge is -2.40. The van der Waals surface area contributed by atoms with Crippen LogP contribution in [0.15, 0.2) is 18.5 Å². The van der Waals surface area contributed by atoms with Gasteiger partial charge in [0.15, 0.2) is 5.78 Å². The molecule has 1 aliphatic carbocycles. The molecule has 1 aromatic heterocycles. The van der Waals surface area contributed by atoms with Gasteiger partial charge in [0.05, 0.1) is 13.3 Å². The molecule has 1 fully saturated rings. The molecule has 2 rings (SSSR count). The Kier molecular flexibility index (Phi) is 3.43. The van der Waals surface area contributed by atoms with E-state index in [0.29, 0.717) is 24.3 Å². The predicted molar refractivity (Wildman–Crippen MR) is 65.1 cm³/mol. The number of nitrogens with zero attached hydrogens (tertiary/aromatic N) is 1. The van der Waals surface area contributed by atoms with Crippen molar-refractivity contribution in [3.8, 4) is 5.75 Å². The monoisotopic (exact) mass is 234 g/mol. The third-order valence-electron chi connectivity index (χ3n) is 3.65. The fourth-order valence-electron chi connectivity index (χ4n) is 2.26. The molecule has 1 aliphatic rings. The highest BCUT2D eigenvalue weighted by Gasteiger charge is 2.37. The van der Waals surface area contributed by atoms with Crippen LogP contribution < -0.4 is 10.5 Å². The highest BCUT2D eigenvalue weighted by atomic mass is 16.5. The van der Waals surface area contributed by atoms with Gasteiger partial charge in [-0.25, -0.2) is 0 Å². The van der Waals surface area contributed by atoms with Crippen LogP contribution in [-0.2, 0) is 0 Å². The second-order valence-corrected chi connectivity index (χ2v) is 4.77. The molecule has 0 spiro atoms. The fraction of sp³-hybridized carbons (Fsp3) is 0.538. The summed E-state index contributed by atoms with van der Waals surface area (Å²) < 4.78 is 5.06. The van der Waals surface area contributed by atoms with Crippen molar-refractivity contribution in [2.24, 2.45) is 11.1 Å². The van der Waals surface area contributed by atoms with Crippen LogP contribution in [0.3, 0.4) is 0 Å². The Bertz CT molecular complexity index is 408. The fourth-order valence-corrected chi connectivity index (χ4v) is 2.26. The van der Waals surface area contributed by atoms with E-state index in [2.05, 4.69) is 4.98 Å². The van der Waals surface area contributed by atoms with E-state index in [4.69, 9.17) is 10.5 Å². The lowest BCUT2D eigenvalue weighted by atomic mass is 9.65. The molecule has 92 valence electrons. The van der Waals surface area contributed by atoms with Crippen LogP contribution in [0, 0.1) is 5.41 Å². The summed E-state index contributed by atoms with van der Waals surface area (Å²) in [5.74, 6) is 0.729. The number of pyridine rings is 1. The first-order valence-electron chi connectivity index (χ1n) is 5.91. The summed E-state index contributed by atoms with van der Waals surface area (Å²) >= 11 is 0. The summed E-state index contributed by atoms with van der Waals surface area (Å²) in [5.41, 5.74) is 6.42. The van der Waals surface area contributed by atoms with Crippen molar-refractivity contribution in [2.75, 3.05) is 13.7 Å². The smallest absolute Gasteiger partial charge is 0.165 e. The van der Waals surface area contributed by atoms with Crippen molar-refractivity contribution in [1.29, 1.82) is 0 Å². The quantitative estimate of drug-likeness (QED) is 0.789. The summed E-state index contributed by atoms with van der Waals surface area (Å²) in [5, 5.41) is 0. The molecule has 1 saturated carbocycles. The highest BCUT2D eigenvalue weighted by Crippen LogP contribution is 2.43. The van der Waals surface area contributed by atoms with Gasteiger partial charge in [0.1, 0.15) is 5.75 Å². The number of carbonyl (C=O) groups is 1. The molecule has 1 heterocycles. The molecule has 0 unspecified atom stereocenters. The molecule has 0 amide bonds. The SMILES string of the molecule is COc1cncc(C(=O)CC2(CN)CCC2)c1. The molecule has 0 aliphatic heterocycles. The largest absolute Gasteiger partial charge is 0.495 e. The van der Waals surface area contributed by atoms with E-state index in [1.807, 2.05) is 0 Å². The number of ether oxygens (including phenoxy) is 1. The molecule has 0 atom stereocenters. The minimum atomic E-state index is 0.0418. The second kappa shape index (κ2) is 4.84. The Balaban J connectivity index is 2.08. The molecule has 0 bridgehead atoms. The van der Waals surface area contributed by atoms with Crippen LogP contribution in [-0.4, -0.2) is 24.4 Å². The van der Waals surface area contributed by atoms with Gasteiger partial charge in [0, 0.05) is 18.2 Å². The molecule has 0 saturated heterocycles. The van der Waals surface area contributed by atoms with Crippen LogP contribution in [0.1, 0.15) is 36.0 Å². The Hall–Kier alpha value is -1.42. The number of nitrogens with two attached hydrogens (primary N) is 1. The Morgan fingerprint density at radius 3 is 2.82 bits per heavy atom. The maximum absolute atomic E-state index is 12.1. The van der Waals surface area contributed by atoms with Gasteiger partial charge in [-0.15, -0.1) is 0 Å². The van der Waals surface area contributed by atoms with Crippen LogP contribution in [0.4, 0.5) is 0 Å². The Labute approximate surface area is 101 Å². The third kappa shape index (κ3) is 2.47. The molecule has 4 heteroatoms. The van der Waals surface area contributed by atoms with Crippen molar-refractivity contribution in [2.45, 2.75) is 25.7 Å². The maximum atomic E-state index is 12.1. The van der Waals surface area contributed by atoms with Gasteiger partial charge in [-0.05, 0) is 30.9 Å². The zero-order valence-electron chi connectivity index (χ0n) is 10.1. The van der Waals surface area contributed by atoms with Crippen molar-refractivity contribution in [3.63, 3.8) is 0 Å². The average Bonchev–Trinajstić information content (AvgIpc) is 2.33. The average molecular weight is 234 g/mol. The summed E-state index contributed by atoms with van der Waals surface area (Å²) in [7, 11) is 1.57. The number of hydrogen-bond acceptors (Lipinski definition) is 4. The number of rotatable bonds is 5. The standard InChI is InChI=1S/C13H18N2O2/c1-17-11-5-10(7-15-8-11)12(16)6-13(9-14)3-2-4-13/h5,7-8H,2-4,6,9,14H2,1H3. The number of hydrogen-bond donors (Lipinski definition) is 1. The lowest BCUT2D eigenvalue weighted by molar-refractivity contribution is 0.0785. The number of methoxy groups -OCH3 is 1. The topological polar surface area (TPSA) is 65.2 Å². The first-order chi connectivity index (χ1) is 8.19. The van der Waals surface area contributed by atoms with Crippen LogP contribution >= 0.6 is 0 Å². The molecule has 0 aromatic carbocycles. The van der Waals surface area contributed by atoms with E-state index in [9.17, 15) is 4.79 Å². The Morgan fingerprint density at radius 2 is 2.29 bits per heavy atom. The molecule has 1 aromatic rings. The van der Waals surface area contributed by atoms with Gasteiger partial charge >= 0.3 is 0 Å². The minimum Gasteiger partial charge on any atom is -0.495 e. The number of ketones is 1. The van der Waals surface area contributed by atoms with Crippen LogP contribution in [0.5, 0.6) is 5.75 Å². The Morgan fingerprint density at radius 1 is 1.53 bits per heavy atom. The van der Waals surface area contributed by atoms with Crippen molar-refractivity contribution in [3.05, 3.63) is 24.0 Å². The summed E-state index contributed by atoms with van der Waals surface area (Å²) in [4.78, 5) is 16.1. The van der Waals surface area contributed by atoms with Crippen LogP contribution in [0.2, 0.25) is 0 Å². The molecule has 2 N–H and O–H groups in total. The zero-order chi connectivity index (χ0) is 12.3. The zero-order valence-corrected chi connectivity index (χ0v) is 10.1. The molecule has 17 heavy (non-hydrogen) atoms. The highest BCUT2D eigenvalue weighted by molar-refractivity contribution is 5.96. The van der Waals surface area contributed by atoms with Gasteiger partial charge < -0.3 is 10.5 Å². The molecular weight excluding hydrogens is 216 g/mol. The molecule has 0 radical (unpaired) electrons. The van der Waals surface area contributed by atoms with E-state index in [-0.39, 0.29) is 11.2 Å². The van der Waals surface area contributed by atoms with E-state index in [1.54, 1.807) is 25.6 Å². The van der Waals surface area contributed by atoms with E-state index in [1.165, 1.54) is 6.42 Å². The van der Waals surface area contributed by atoms with E-state index in [0.717, 1.165) is 12.8 Å². The molecule has 4 nitrogen and oxygen atoms in total. The van der Waals surface area contributed by atoms with Gasteiger partial charge in [0.25, 0.3) is 0 Å². The minimum absolute atomic E-state index is 0.0418. The number of Topliss-reactive ketones (excluding diaryl/α,β-unsaturated/α-hetero) is 1. The van der Waals surface area contributed by atoms with Gasteiger partial charge in [-0.1, -0.05) is 6.42 Å². The third-order valence-corrected chi connectivity index (χ3v) is 3.65. The predicted octanol–water partition coefficient (Wildman–Crippen LogP) is 1.79. The van der Waals surface area contributed by atoms with Crippen molar-refractivity contribution in [1.82, 2.24) is 4.98 Å². The van der Waals surface area contributed by atoms with Crippen LogP contribution in [0.25, 0.3) is 0 Å². The number of carbonyl (C=O) groups excluding carboxylic acids is 1. The van der Waals surface area contributed by atoms with Gasteiger partial charge in [-0.2, -0.15) is 0 Å². The number of aromatic nitrogens is 1. The summed E-state index contributed by atoms with van der Waals surface area (Å²) in [6.45, 7) is 0.593. The summed E-state index contributed by atoms with van der Waals surface area (Å²) in [6, 6.07) is 1.73. The first kappa shape index (κ1) is 12.0. The van der Waals surface area contributed by atoms with Gasteiger partial charge in [0.2, 0.25) is 0 Å². The van der Waals surface area contributed by atoms with Crippen molar-refractivity contribution < 1.29 is 9.53 Å². The van der Waals surface area contributed by atoms with E-state index >= 15 is 0 Å². The maximum Gasteiger partial charge on any atom is 0.165 e. The van der Waals surface area contributed by atoms with Crippen molar-refractivity contribution >= 4 is 5.78 Å². The van der Waals surface area contributed by atoms with E-state index < -0.39 is 0 Å². The normalized spacial score (nSPS) is 17.3. The molecular formula is C13H18N2O2. The summed E-state index contributed by atoms with van der Waals surface area (Å²) in [6.07, 6.45) is 7.02. The second-order valence-electron chi connectivity index (χ2n) is 4.77. The van der Waals surface area contributed by atoms with Gasteiger partial charge in [-0.3, -0.25) is 9.78 Å².